The quantitative estimate of drug-likeness (QED) is 0.384. The van der Waals surface area contributed by atoms with E-state index in [2.05, 4.69) is 17.2 Å². The van der Waals surface area contributed by atoms with Crippen molar-refractivity contribution in [2.45, 2.75) is 59.9 Å². The lowest BCUT2D eigenvalue weighted by Crippen LogP contribution is -2.29. The number of amides is 1. The van der Waals surface area contributed by atoms with Crippen molar-refractivity contribution in [3.8, 4) is 0 Å². The number of anilines is 1. The number of ether oxygens (including phenoxy) is 1. The van der Waals surface area contributed by atoms with E-state index in [0.29, 0.717) is 27.3 Å². The van der Waals surface area contributed by atoms with Crippen LogP contribution in [0.5, 0.6) is 0 Å². The normalized spacial score (nSPS) is 12.0. The fraction of sp³-hybridized carbons (Fsp3) is 0.417. The van der Waals surface area contributed by atoms with Gasteiger partial charge in [0.1, 0.15) is 10.9 Å². The van der Waals surface area contributed by atoms with Gasteiger partial charge in [-0.1, -0.05) is 37.5 Å². The highest BCUT2D eigenvalue weighted by Crippen LogP contribution is 2.28. The highest BCUT2D eigenvalue weighted by atomic mass is 32.1. The molecule has 1 N–H and O–H groups in total. The number of nitrogens with one attached hydrogen (secondary N) is 1. The molecule has 0 spiro atoms. The monoisotopic (exact) mass is 455 g/mol. The van der Waals surface area contributed by atoms with E-state index in [0.717, 1.165) is 36.1 Å². The minimum atomic E-state index is -0.798. The molecule has 0 saturated carbocycles. The fourth-order valence-electron chi connectivity index (χ4n) is 3.52. The van der Waals surface area contributed by atoms with Crippen molar-refractivity contribution in [3.63, 3.8) is 0 Å². The van der Waals surface area contributed by atoms with Crippen LogP contribution in [0.4, 0.5) is 5.69 Å². The van der Waals surface area contributed by atoms with Gasteiger partial charge in [0.2, 0.25) is 0 Å². The molecule has 3 aromatic rings. The summed E-state index contributed by atoms with van der Waals surface area (Å²) in [6.07, 6.45) is 4.16. The summed E-state index contributed by atoms with van der Waals surface area (Å²) in [7, 11) is 0. The maximum Gasteiger partial charge on any atom is 0.328 e. The Morgan fingerprint density at radius 1 is 1.22 bits per heavy atom. The SMILES string of the molecule is CCCCCOC(=O)[C@H](C)n1cnc2sc(C(=O)Nc3ccc(C)cc3C)c(C)c2c1=O. The van der Waals surface area contributed by atoms with Gasteiger partial charge in [0.05, 0.1) is 23.2 Å². The van der Waals surface area contributed by atoms with E-state index < -0.39 is 12.0 Å². The first kappa shape index (κ1) is 23.7. The molecule has 2 aromatic heterocycles. The Kier molecular flexibility index (Phi) is 7.45. The number of aryl methyl sites for hydroxylation is 3. The lowest BCUT2D eigenvalue weighted by Gasteiger charge is -2.14. The molecule has 1 amide bonds. The van der Waals surface area contributed by atoms with Crippen LogP contribution in [0.25, 0.3) is 10.2 Å². The Hall–Kier alpha value is -3.00. The topological polar surface area (TPSA) is 90.3 Å². The summed E-state index contributed by atoms with van der Waals surface area (Å²) in [5.74, 6) is -0.753. The van der Waals surface area contributed by atoms with Crippen molar-refractivity contribution >= 4 is 39.1 Å². The zero-order valence-electron chi connectivity index (χ0n) is 19.2. The Morgan fingerprint density at radius 3 is 2.66 bits per heavy atom. The predicted molar refractivity (Wildman–Crippen MR) is 128 cm³/mol. The Labute approximate surface area is 191 Å². The number of nitrogens with zero attached hydrogens (tertiary/aromatic N) is 2. The lowest BCUT2D eigenvalue weighted by molar-refractivity contribution is -0.147. The highest BCUT2D eigenvalue weighted by molar-refractivity contribution is 7.20. The Balaban J connectivity index is 1.87. The van der Waals surface area contributed by atoms with Gasteiger partial charge in [-0.2, -0.15) is 0 Å². The summed E-state index contributed by atoms with van der Waals surface area (Å²) < 4.78 is 6.57. The van der Waals surface area contributed by atoms with E-state index in [4.69, 9.17) is 4.74 Å². The number of hydrogen-bond donors (Lipinski definition) is 1. The molecule has 0 unspecified atom stereocenters. The maximum absolute atomic E-state index is 13.1. The first-order valence-corrected chi connectivity index (χ1v) is 11.6. The molecule has 0 saturated heterocycles. The van der Waals surface area contributed by atoms with Crippen LogP contribution >= 0.6 is 11.3 Å². The second kappa shape index (κ2) is 10.1. The molecule has 2 heterocycles. The van der Waals surface area contributed by atoms with Crippen molar-refractivity contribution in [3.05, 3.63) is 56.4 Å². The van der Waals surface area contributed by atoms with E-state index in [1.54, 1.807) is 13.8 Å². The number of aromatic nitrogens is 2. The summed E-state index contributed by atoms with van der Waals surface area (Å²) in [5.41, 5.74) is 3.00. The predicted octanol–water partition coefficient (Wildman–Crippen LogP) is 4.93. The summed E-state index contributed by atoms with van der Waals surface area (Å²) in [6, 6.07) is 5.00. The summed E-state index contributed by atoms with van der Waals surface area (Å²) in [5, 5.41) is 3.28. The van der Waals surface area contributed by atoms with Crippen molar-refractivity contribution in [2.75, 3.05) is 11.9 Å². The molecule has 8 heteroatoms. The molecule has 0 aliphatic carbocycles. The van der Waals surface area contributed by atoms with Crippen LogP contribution in [0, 0.1) is 20.8 Å². The smallest absolute Gasteiger partial charge is 0.328 e. The van der Waals surface area contributed by atoms with Crippen molar-refractivity contribution in [1.29, 1.82) is 0 Å². The number of rotatable bonds is 8. The number of unbranched alkanes of at least 4 members (excludes halogenated alkanes) is 2. The summed E-state index contributed by atoms with van der Waals surface area (Å²) in [4.78, 5) is 43.7. The maximum atomic E-state index is 13.1. The van der Waals surface area contributed by atoms with Crippen molar-refractivity contribution in [2.24, 2.45) is 0 Å². The number of hydrogen-bond acceptors (Lipinski definition) is 6. The molecule has 0 aliphatic rings. The zero-order chi connectivity index (χ0) is 23.4. The Morgan fingerprint density at radius 2 is 1.97 bits per heavy atom. The molecule has 7 nitrogen and oxygen atoms in total. The minimum absolute atomic E-state index is 0.285. The molecule has 1 atom stereocenters. The second-order valence-corrected chi connectivity index (χ2v) is 9.02. The number of carbonyl (C=O) groups excluding carboxylic acids is 2. The van der Waals surface area contributed by atoms with Gasteiger partial charge in [-0.3, -0.25) is 14.2 Å². The van der Waals surface area contributed by atoms with E-state index in [1.165, 1.54) is 22.2 Å². The molecule has 1 aromatic carbocycles. The lowest BCUT2D eigenvalue weighted by atomic mass is 10.1. The van der Waals surface area contributed by atoms with Gasteiger partial charge in [-0.15, -0.1) is 11.3 Å². The average molecular weight is 456 g/mol. The highest BCUT2D eigenvalue weighted by Gasteiger charge is 2.23. The molecule has 0 radical (unpaired) electrons. The van der Waals surface area contributed by atoms with Crippen LogP contribution < -0.4 is 10.9 Å². The number of carbonyl (C=O) groups is 2. The van der Waals surface area contributed by atoms with Gasteiger partial charge in [0.15, 0.2) is 0 Å². The molecule has 0 bridgehead atoms. The molecule has 3 rings (SSSR count). The van der Waals surface area contributed by atoms with E-state index >= 15 is 0 Å². The van der Waals surface area contributed by atoms with E-state index in [9.17, 15) is 14.4 Å². The fourth-order valence-corrected chi connectivity index (χ4v) is 4.56. The van der Waals surface area contributed by atoms with Crippen LogP contribution in [0.1, 0.15) is 65.5 Å². The minimum Gasteiger partial charge on any atom is -0.464 e. The third kappa shape index (κ3) is 4.91. The average Bonchev–Trinajstić information content (AvgIpc) is 3.10. The largest absolute Gasteiger partial charge is 0.464 e. The van der Waals surface area contributed by atoms with Gasteiger partial charge in [-0.25, -0.2) is 9.78 Å². The Bertz CT molecular complexity index is 1210. The second-order valence-electron chi connectivity index (χ2n) is 8.02. The first-order valence-electron chi connectivity index (χ1n) is 10.8. The van der Waals surface area contributed by atoms with Gasteiger partial charge in [0, 0.05) is 5.69 Å². The van der Waals surface area contributed by atoms with Crippen LogP contribution in [-0.2, 0) is 9.53 Å². The number of fused-ring (bicyclic) bond motifs is 1. The molecular weight excluding hydrogens is 426 g/mol. The molecule has 32 heavy (non-hydrogen) atoms. The van der Waals surface area contributed by atoms with Gasteiger partial charge in [0.25, 0.3) is 11.5 Å². The van der Waals surface area contributed by atoms with Crippen LogP contribution in [-0.4, -0.2) is 28.0 Å². The number of thiophene rings is 1. The van der Waals surface area contributed by atoms with Crippen molar-refractivity contribution < 1.29 is 14.3 Å². The van der Waals surface area contributed by atoms with Crippen LogP contribution in [0.15, 0.2) is 29.3 Å². The number of esters is 1. The third-order valence-corrected chi connectivity index (χ3v) is 6.66. The summed E-state index contributed by atoms with van der Waals surface area (Å²) in [6.45, 7) is 9.69. The standard InChI is InChI=1S/C24H29N3O4S/c1-6-7-8-11-31-24(30)17(5)27-13-25-22-19(23(27)29)16(4)20(32-22)21(28)26-18-10-9-14(2)12-15(18)3/h9-10,12-13,17H,6-8,11H2,1-5H3,(H,26,28)/t17-/m0/s1. The van der Waals surface area contributed by atoms with E-state index in [-0.39, 0.29) is 11.5 Å². The molecule has 0 aliphatic heterocycles. The van der Waals surface area contributed by atoms with E-state index in [1.807, 2.05) is 32.0 Å². The van der Waals surface area contributed by atoms with Gasteiger partial charge < -0.3 is 10.1 Å². The molecule has 0 fully saturated rings. The molecular formula is C24H29N3O4S. The van der Waals surface area contributed by atoms with Crippen LogP contribution in [0.3, 0.4) is 0 Å². The van der Waals surface area contributed by atoms with Gasteiger partial charge in [-0.05, 0) is 51.3 Å². The summed E-state index contributed by atoms with van der Waals surface area (Å²) >= 11 is 1.17. The number of benzene rings is 1. The first-order chi connectivity index (χ1) is 15.2. The van der Waals surface area contributed by atoms with Crippen LogP contribution in [0.2, 0.25) is 0 Å². The van der Waals surface area contributed by atoms with Gasteiger partial charge >= 0.3 is 5.97 Å². The van der Waals surface area contributed by atoms with Crippen molar-refractivity contribution in [1.82, 2.24) is 9.55 Å². The third-order valence-electron chi connectivity index (χ3n) is 5.46. The molecule has 170 valence electrons. The zero-order valence-corrected chi connectivity index (χ0v) is 20.0.